The molecule has 0 saturated heterocycles. The van der Waals surface area contributed by atoms with Gasteiger partial charge in [0.25, 0.3) is 5.91 Å². The van der Waals surface area contributed by atoms with Crippen molar-refractivity contribution >= 4 is 41.1 Å². The number of nitrogens with two attached hydrogens (primary N) is 1. The number of amides is 4. The van der Waals surface area contributed by atoms with Crippen molar-refractivity contribution in [2.45, 2.75) is 85.0 Å². The number of alkyl carbamates (subject to hydrolysis) is 1. The molecule has 0 heterocycles. The molecule has 0 radical (unpaired) electrons. The van der Waals surface area contributed by atoms with Gasteiger partial charge in [0.05, 0.1) is 17.1 Å². The van der Waals surface area contributed by atoms with Crippen LogP contribution in [0.1, 0.15) is 68.8 Å². The first kappa shape index (κ1) is 30.9. The number of hydrogen-bond acceptors (Lipinski definition) is 5. The zero-order valence-corrected chi connectivity index (χ0v) is 24.9. The number of carbonyl (C=O) groups excluding carboxylic acids is 4. The van der Waals surface area contributed by atoms with E-state index in [2.05, 4.69) is 10.6 Å². The predicted octanol–water partition coefficient (Wildman–Crippen LogP) is 4.95. The number of nitrogens with one attached hydrogen (secondary N) is 2. The van der Waals surface area contributed by atoms with Crippen molar-refractivity contribution in [2.24, 2.45) is 11.7 Å². The minimum absolute atomic E-state index is 0.1000. The summed E-state index contributed by atoms with van der Waals surface area (Å²) in [7, 11) is 0. The van der Waals surface area contributed by atoms with E-state index < -0.39 is 47.9 Å². The fourth-order valence-corrected chi connectivity index (χ4v) is 5.06. The van der Waals surface area contributed by atoms with E-state index in [0.29, 0.717) is 22.7 Å². The lowest BCUT2D eigenvalue weighted by Crippen LogP contribution is -2.54. The van der Waals surface area contributed by atoms with Gasteiger partial charge >= 0.3 is 6.09 Å². The van der Waals surface area contributed by atoms with E-state index in [4.69, 9.17) is 22.1 Å². The molecule has 4 N–H and O–H groups in total. The highest BCUT2D eigenvalue weighted by molar-refractivity contribution is 6.34. The lowest BCUT2D eigenvalue weighted by atomic mass is 9.97. The molecule has 0 aliphatic heterocycles. The van der Waals surface area contributed by atoms with Crippen molar-refractivity contribution in [3.63, 3.8) is 0 Å². The first-order valence-electron chi connectivity index (χ1n) is 13.3. The second kappa shape index (κ2) is 12.3. The van der Waals surface area contributed by atoms with Crippen LogP contribution in [0.15, 0.2) is 36.4 Å². The second-order valence-corrected chi connectivity index (χ2v) is 12.0. The van der Waals surface area contributed by atoms with Gasteiger partial charge in [0.1, 0.15) is 17.7 Å². The fourth-order valence-electron chi connectivity index (χ4n) is 4.79. The topological polar surface area (TPSA) is 131 Å². The molecule has 1 aliphatic carbocycles. The first-order valence-corrected chi connectivity index (χ1v) is 13.7. The van der Waals surface area contributed by atoms with Crippen molar-refractivity contribution < 1.29 is 23.9 Å². The van der Waals surface area contributed by atoms with Gasteiger partial charge in [0.15, 0.2) is 0 Å². The summed E-state index contributed by atoms with van der Waals surface area (Å²) >= 11 is 6.42. The molecule has 1 fully saturated rings. The summed E-state index contributed by atoms with van der Waals surface area (Å²) in [5.41, 5.74) is 8.28. The van der Waals surface area contributed by atoms with Crippen LogP contribution in [-0.2, 0) is 19.1 Å². The standard InChI is InChI=1S/C30H39ClN4O5/c1-16-11-17(2)13-20(12-16)26(27(37)34-25-18(3)9-8-10-21(25)31)35(23-14-19(23)4)28(38)22(15-24(32)36)33-29(39)40-30(5,6)7/h8-13,19,22-23,26H,14-15H2,1-7H3,(H2,32,36)(H,33,39)(H,34,37). The normalized spacial score (nSPS) is 17.8. The molecule has 10 heteroatoms. The Kier molecular flexibility index (Phi) is 9.51. The molecule has 4 atom stereocenters. The lowest BCUT2D eigenvalue weighted by molar-refractivity contribution is -0.142. The number of primary amides is 1. The van der Waals surface area contributed by atoms with E-state index in [-0.39, 0.29) is 12.0 Å². The van der Waals surface area contributed by atoms with Crippen LogP contribution in [0.25, 0.3) is 0 Å². The molecule has 1 saturated carbocycles. The Morgan fingerprint density at radius 1 is 1.10 bits per heavy atom. The van der Waals surface area contributed by atoms with E-state index in [0.717, 1.165) is 16.7 Å². The maximum Gasteiger partial charge on any atom is 0.408 e. The largest absolute Gasteiger partial charge is 0.444 e. The van der Waals surface area contributed by atoms with Crippen LogP contribution in [0.4, 0.5) is 10.5 Å². The van der Waals surface area contributed by atoms with Crippen molar-refractivity contribution in [1.82, 2.24) is 10.2 Å². The smallest absolute Gasteiger partial charge is 0.408 e. The Hall–Kier alpha value is -3.59. The maximum atomic E-state index is 14.2. The minimum atomic E-state index is -1.33. The van der Waals surface area contributed by atoms with Gasteiger partial charge < -0.3 is 26.0 Å². The molecule has 9 nitrogen and oxygen atoms in total. The Labute approximate surface area is 240 Å². The Bertz CT molecular complexity index is 1260. The van der Waals surface area contributed by atoms with Crippen molar-refractivity contribution in [2.75, 3.05) is 5.32 Å². The maximum absolute atomic E-state index is 14.2. The summed E-state index contributed by atoms with van der Waals surface area (Å²) in [5, 5.41) is 5.81. The van der Waals surface area contributed by atoms with Gasteiger partial charge in [-0.05, 0) is 71.1 Å². The molecule has 4 amide bonds. The van der Waals surface area contributed by atoms with Crippen LogP contribution in [0.3, 0.4) is 0 Å². The zero-order chi connectivity index (χ0) is 29.9. The average Bonchev–Trinajstić information content (AvgIpc) is 3.52. The summed E-state index contributed by atoms with van der Waals surface area (Å²) in [6.45, 7) is 12.7. The number of benzene rings is 2. The van der Waals surface area contributed by atoms with Crippen molar-refractivity contribution in [3.8, 4) is 0 Å². The van der Waals surface area contributed by atoms with Crippen LogP contribution >= 0.6 is 11.6 Å². The molecule has 0 spiro atoms. The molecule has 40 heavy (non-hydrogen) atoms. The number of anilines is 1. The summed E-state index contributed by atoms with van der Waals surface area (Å²) in [6, 6.07) is 8.27. The summed E-state index contributed by atoms with van der Waals surface area (Å²) < 4.78 is 5.34. The molecule has 4 unspecified atom stereocenters. The molecule has 216 valence electrons. The van der Waals surface area contributed by atoms with Gasteiger partial charge in [-0.3, -0.25) is 14.4 Å². The highest BCUT2D eigenvalue weighted by atomic mass is 35.5. The number of rotatable bonds is 9. The number of hydrogen-bond donors (Lipinski definition) is 3. The second-order valence-electron chi connectivity index (χ2n) is 11.6. The molecule has 2 aromatic rings. The van der Waals surface area contributed by atoms with E-state index in [9.17, 15) is 19.2 Å². The number of carbonyl (C=O) groups is 4. The van der Waals surface area contributed by atoms with Crippen LogP contribution < -0.4 is 16.4 Å². The monoisotopic (exact) mass is 570 g/mol. The van der Waals surface area contributed by atoms with Crippen LogP contribution in [-0.4, -0.2) is 46.4 Å². The molecule has 0 bridgehead atoms. The highest BCUT2D eigenvalue weighted by Crippen LogP contribution is 2.42. The van der Waals surface area contributed by atoms with Gasteiger partial charge in [-0.2, -0.15) is 0 Å². The van der Waals surface area contributed by atoms with Crippen molar-refractivity contribution in [3.05, 3.63) is 63.7 Å². The van der Waals surface area contributed by atoms with Gasteiger partial charge in [-0.1, -0.05) is 60.0 Å². The fraction of sp³-hybridized carbons (Fsp3) is 0.467. The zero-order valence-electron chi connectivity index (χ0n) is 24.1. The summed E-state index contributed by atoms with van der Waals surface area (Å²) in [6.07, 6.45) is -0.670. The third kappa shape index (κ3) is 7.97. The van der Waals surface area contributed by atoms with Gasteiger partial charge in [-0.25, -0.2) is 4.79 Å². The molecule has 0 aromatic heterocycles. The van der Waals surface area contributed by atoms with Gasteiger partial charge in [-0.15, -0.1) is 0 Å². The summed E-state index contributed by atoms with van der Waals surface area (Å²) in [5.74, 6) is -1.75. The highest BCUT2D eigenvalue weighted by Gasteiger charge is 2.48. The van der Waals surface area contributed by atoms with Crippen molar-refractivity contribution in [1.29, 1.82) is 0 Å². The number of para-hydroxylation sites is 1. The van der Waals surface area contributed by atoms with Crippen LogP contribution in [0.2, 0.25) is 5.02 Å². The molecule has 1 aliphatic rings. The minimum Gasteiger partial charge on any atom is -0.444 e. The molecular weight excluding hydrogens is 532 g/mol. The van der Waals surface area contributed by atoms with Crippen LogP contribution in [0.5, 0.6) is 0 Å². The van der Waals surface area contributed by atoms with Crippen LogP contribution in [0, 0.1) is 26.7 Å². The predicted molar refractivity (Wildman–Crippen MR) is 155 cm³/mol. The Morgan fingerprint density at radius 2 is 1.70 bits per heavy atom. The number of nitrogens with zero attached hydrogens (tertiary/aromatic N) is 1. The quantitative estimate of drug-likeness (QED) is 0.392. The third-order valence-corrected chi connectivity index (χ3v) is 6.94. The van der Waals surface area contributed by atoms with E-state index >= 15 is 0 Å². The molecular formula is C30H39ClN4O5. The van der Waals surface area contributed by atoms with Gasteiger partial charge in [0, 0.05) is 6.04 Å². The number of halogens is 1. The lowest BCUT2D eigenvalue weighted by Gasteiger charge is -2.35. The van der Waals surface area contributed by atoms with E-state index in [1.54, 1.807) is 32.9 Å². The average molecular weight is 571 g/mol. The summed E-state index contributed by atoms with van der Waals surface area (Å²) in [4.78, 5) is 54.5. The van der Waals surface area contributed by atoms with E-state index in [1.165, 1.54) is 4.90 Å². The third-order valence-electron chi connectivity index (χ3n) is 6.63. The van der Waals surface area contributed by atoms with Gasteiger partial charge in [0.2, 0.25) is 11.8 Å². The molecule has 3 rings (SSSR count). The number of ether oxygens (including phenoxy) is 1. The Balaban J connectivity index is 2.10. The van der Waals surface area contributed by atoms with E-state index in [1.807, 2.05) is 52.0 Å². The first-order chi connectivity index (χ1) is 18.6. The molecule has 2 aromatic carbocycles. The Morgan fingerprint density at radius 3 is 2.20 bits per heavy atom. The SMILES string of the molecule is Cc1cc(C)cc(C(C(=O)Nc2c(C)cccc2Cl)N(C(=O)C(CC(N)=O)NC(=O)OC(C)(C)C)C2CC2C)c1. The number of aryl methyl sites for hydroxylation is 3.